The first-order valence-corrected chi connectivity index (χ1v) is 7.45. The normalized spacial score (nSPS) is 27.9. The molecule has 0 aliphatic carbocycles. The van der Waals surface area contributed by atoms with E-state index in [4.69, 9.17) is 0 Å². The van der Waals surface area contributed by atoms with Crippen LogP contribution in [0, 0.1) is 0 Å². The first-order chi connectivity index (χ1) is 7.67. The smallest absolute Gasteiger partial charge is 0.195 e. The Morgan fingerprint density at radius 3 is 3.00 bits per heavy atom. The first-order valence-electron chi connectivity index (χ1n) is 5.80. The third-order valence-corrected chi connectivity index (χ3v) is 5.28. The minimum Gasteiger partial charge on any atom is -0.337 e. The van der Waals surface area contributed by atoms with E-state index in [1.165, 1.54) is 12.0 Å². The molecule has 1 N–H and O–H groups in total. The van der Waals surface area contributed by atoms with E-state index in [-0.39, 0.29) is 5.75 Å². The zero-order chi connectivity index (χ0) is 11.2. The largest absolute Gasteiger partial charge is 0.337 e. The van der Waals surface area contributed by atoms with Crippen LogP contribution in [-0.2, 0) is 16.4 Å². The van der Waals surface area contributed by atoms with Crippen molar-refractivity contribution in [2.75, 3.05) is 18.8 Å². The molecule has 0 bridgehead atoms. The van der Waals surface area contributed by atoms with Crippen LogP contribution in [0.4, 0.5) is 0 Å². The SMILES string of the molecule is O=S1(=O)CCn2cc(C3CCCNC3)cc21. The number of aromatic nitrogens is 1. The molecule has 3 heterocycles. The van der Waals surface area contributed by atoms with Crippen molar-refractivity contribution in [3.8, 4) is 0 Å². The summed E-state index contributed by atoms with van der Waals surface area (Å²) >= 11 is 0. The van der Waals surface area contributed by atoms with Crippen molar-refractivity contribution in [2.45, 2.75) is 30.3 Å². The fraction of sp³-hybridized carbons (Fsp3) is 0.636. The maximum Gasteiger partial charge on any atom is 0.195 e. The minimum absolute atomic E-state index is 0.269. The van der Waals surface area contributed by atoms with Crippen LogP contribution in [0.3, 0.4) is 0 Å². The third-order valence-electron chi connectivity index (χ3n) is 3.57. The third kappa shape index (κ3) is 1.58. The standard InChI is InChI=1S/C11H16N2O2S/c14-16(15)5-4-13-8-10(6-11(13)16)9-2-1-3-12-7-9/h6,8-9,12H,1-5,7H2. The zero-order valence-corrected chi connectivity index (χ0v) is 9.96. The molecule has 1 unspecified atom stereocenters. The van der Waals surface area contributed by atoms with Crippen LogP contribution in [0.2, 0.25) is 0 Å². The molecule has 88 valence electrons. The molecule has 1 aromatic rings. The predicted molar refractivity (Wildman–Crippen MR) is 61.3 cm³/mol. The molecule has 1 saturated heterocycles. The molecule has 0 radical (unpaired) electrons. The maximum atomic E-state index is 11.7. The predicted octanol–water partition coefficient (Wildman–Crippen LogP) is 0.742. The summed E-state index contributed by atoms with van der Waals surface area (Å²) in [7, 11) is -2.98. The number of nitrogens with one attached hydrogen (secondary N) is 1. The molecule has 2 aliphatic heterocycles. The van der Waals surface area contributed by atoms with E-state index in [1.807, 2.05) is 16.8 Å². The van der Waals surface area contributed by atoms with Gasteiger partial charge in [-0.2, -0.15) is 0 Å². The Balaban J connectivity index is 1.94. The van der Waals surface area contributed by atoms with Crippen LogP contribution in [0.5, 0.6) is 0 Å². The van der Waals surface area contributed by atoms with Gasteiger partial charge in [0.1, 0.15) is 5.03 Å². The van der Waals surface area contributed by atoms with Gasteiger partial charge in [0.25, 0.3) is 0 Å². The van der Waals surface area contributed by atoms with Gasteiger partial charge >= 0.3 is 0 Å². The Kier molecular flexibility index (Phi) is 2.33. The second-order valence-corrected chi connectivity index (χ2v) is 6.72. The fourth-order valence-corrected chi connectivity index (χ4v) is 4.10. The van der Waals surface area contributed by atoms with Gasteiger partial charge in [0.05, 0.1) is 5.75 Å². The lowest BCUT2D eigenvalue weighted by atomic mass is 9.94. The van der Waals surface area contributed by atoms with E-state index in [9.17, 15) is 8.42 Å². The molecular formula is C11H16N2O2S. The van der Waals surface area contributed by atoms with Gasteiger partial charge in [-0.1, -0.05) is 0 Å². The van der Waals surface area contributed by atoms with Crippen molar-refractivity contribution in [2.24, 2.45) is 0 Å². The first kappa shape index (κ1) is 10.4. The summed E-state index contributed by atoms with van der Waals surface area (Å²) in [5, 5.41) is 3.88. The van der Waals surface area contributed by atoms with E-state index in [1.54, 1.807) is 0 Å². The summed E-state index contributed by atoms with van der Waals surface area (Å²) in [6.45, 7) is 2.68. The van der Waals surface area contributed by atoms with Crippen LogP contribution < -0.4 is 5.32 Å². The van der Waals surface area contributed by atoms with Gasteiger partial charge in [0, 0.05) is 19.3 Å². The summed E-state index contributed by atoms with van der Waals surface area (Å²) < 4.78 is 25.3. The number of nitrogens with zero attached hydrogens (tertiary/aromatic N) is 1. The van der Waals surface area contributed by atoms with Crippen molar-refractivity contribution >= 4 is 9.84 Å². The second kappa shape index (κ2) is 3.60. The monoisotopic (exact) mass is 240 g/mol. The lowest BCUT2D eigenvalue weighted by Gasteiger charge is -2.21. The highest BCUT2D eigenvalue weighted by Crippen LogP contribution is 2.29. The van der Waals surface area contributed by atoms with Gasteiger partial charge in [-0.25, -0.2) is 8.42 Å². The molecule has 3 rings (SSSR count). The number of piperidine rings is 1. The van der Waals surface area contributed by atoms with Crippen LogP contribution >= 0.6 is 0 Å². The van der Waals surface area contributed by atoms with Crippen molar-refractivity contribution in [1.82, 2.24) is 9.88 Å². The molecule has 0 aromatic carbocycles. The van der Waals surface area contributed by atoms with Crippen LogP contribution in [-0.4, -0.2) is 31.8 Å². The molecule has 1 fully saturated rings. The number of sulfone groups is 1. The molecular weight excluding hydrogens is 224 g/mol. The van der Waals surface area contributed by atoms with E-state index in [0.717, 1.165) is 19.5 Å². The quantitative estimate of drug-likeness (QED) is 0.788. The van der Waals surface area contributed by atoms with Gasteiger partial charge in [0.15, 0.2) is 9.84 Å². The Morgan fingerprint density at radius 2 is 2.31 bits per heavy atom. The van der Waals surface area contributed by atoms with E-state index in [2.05, 4.69) is 5.32 Å². The lowest BCUT2D eigenvalue weighted by molar-refractivity contribution is 0.461. The van der Waals surface area contributed by atoms with Crippen molar-refractivity contribution in [3.05, 3.63) is 17.8 Å². The topological polar surface area (TPSA) is 51.1 Å². The number of aryl methyl sites for hydroxylation is 1. The summed E-state index contributed by atoms with van der Waals surface area (Å²) in [5.74, 6) is 0.757. The Labute approximate surface area is 95.6 Å². The zero-order valence-electron chi connectivity index (χ0n) is 9.15. The van der Waals surface area contributed by atoms with Crippen molar-refractivity contribution in [3.63, 3.8) is 0 Å². The van der Waals surface area contributed by atoms with Crippen LogP contribution in [0.1, 0.15) is 24.3 Å². The number of hydrogen-bond acceptors (Lipinski definition) is 3. The van der Waals surface area contributed by atoms with Gasteiger partial charge in [-0.3, -0.25) is 0 Å². The molecule has 16 heavy (non-hydrogen) atoms. The summed E-state index contributed by atoms with van der Waals surface area (Å²) in [4.78, 5) is 0. The summed E-state index contributed by atoms with van der Waals surface area (Å²) in [6.07, 6.45) is 4.37. The highest BCUT2D eigenvalue weighted by Gasteiger charge is 2.28. The molecule has 0 spiro atoms. The van der Waals surface area contributed by atoms with E-state index < -0.39 is 9.84 Å². The van der Waals surface area contributed by atoms with Gasteiger partial charge in [-0.15, -0.1) is 0 Å². The number of hydrogen-bond donors (Lipinski definition) is 1. The summed E-state index contributed by atoms with van der Waals surface area (Å²) in [5.41, 5.74) is 1.19. The molecule has 1 aromatic heterocycles. The Hall–Kier alpha value is -0.810. The van der Waals surface area contributed by atoms with Crippen LogP contribution in [0.15, 0.2) is 17.3 Å². The molecule has 0 saturated carbocycles. The average molecular weight is 240 g/mol. The van der Waals surface area contributed by atoms with Crippen LogP contribution in [0.25, 0.3) is 0 Å². The second-order valence-electron chi connectivity index (χ2n) is 4.67. The summed E-state index contributed by atoms with van der Waals surface area (Å²) in [6, 6.07) is 1.88. The molecule has 1 atom stereocenters. The van der Waals surface area contributed by atoms with Gasteiger partial charge in [0.2, 0.25) is 0 Å². The van der Waals surface area contributed by atoms with E-state index in [0.29, 0.717) is 17.5 Å². The average Bonchev–Trinajstić information content (AvgIpc) is 2.82. The van der Waals surface area contributed by atoms with Gasteiger partial charge in [-0.05, 0) is 36.9 Å². The fourth-order valence-electron chi connectivity index (χ4n) is 2.63. The van der Waals surface area contributed by atoms with Crippen molar-refractivity contribution < 1.29 is 8.42 Å². The number of rotatable bonds is 1. The Morgan fingerprint density at radius 1 is 1.44 bits per heavy atom. The number of fused-ring (bicyclic) bond motifs is 1. The van der Waals surface area contributed by atoms with E-state index >= 15 is 0 Å². The van der Waals surface area contributed by atoms with Crippen molar-refractivity contribution in [1.29, 1.82) is 0 Å². The highest BCUT2D eigenvalue weighted by molar-refractivity contribution is 7.91. The molecule has 4 nitrogen and oxygen atoms in total. The molecule has 5 heteroatoms. The lowest BCUT2D eigenvalue weighted by Crippen LogP contribution is -2.28. The molecule has 0 amide bonds. The molecule has 2 aliphatic rings. The maximum absolute atomic E-state index is 11.7. The Bertz CT molecular complexity index is 498. The highest BCUT2D eigenvalue weighted by atomic mass is 32.2. The minimum atomic E-state index is -2.98. The van der Waals surface area contributed by atoms with Gasteiger partial charge < -0.3 is 9.88 Å².